The number of benzene rings is 1. The summed E-state index contributed by atoms with van der Waals surface area (Å²) in [5.74, 6) is 1.15. The molecule has 8 nitrogen and oxygen atoms in total. The second kappa shape index (κ2) is 8.88. The van der Waals surface area contributed by atoms with Gasteiger partial charge in [0.15, 0.2) is 0 Å². The quantitative estimate of drug-likeness (QED) is 0.454. The molecule has 1 aliphatic rings. The zero-order valence-corrected chi connectivity index (χ0v) is 19.5. The lowest BCUT2D eigenvalue weighted by molar-refractivity contribution is 0.403. The predicted molar refractivity (Wildman–Crippen MR) is 132 cm³/mol. The zero-order valence-electron chi connectivity index (χ0n) is 18.8. The Morgan fingerprint density at radius 3 is 2.70 bits per heavy atom. The molecule has 9 heteroatoms. The van der Waals surface area contributed by atoms with Crippen LogP contribution < -0.4 is 20.3 Å². The lowest BCUT2D eigenvalue weighted by Gasteiger charge is -2.37. The Morgan fingerprint density at radius 2 is 1.91 bits per heavy atom. The Kier molecular flexibility index (Phi) is 5.78. The van der Waals surface area contributed by atoms with Crippen LogP contribution in [0.4, 0.5) is 17.3 Å². The van der Waals surface area contributed by atoms with Gasteiger partial charge in [0, 0.05) is 43.1 Å². The summed E-state index contributed by atoms with van der Waals surface area (Å²) in [4.78, 5) is 15.9. The number of aromatic nitrogens is 4. The van der Waals surface area contributed by atoms with Crippen molar-refractivity contribution in [1.29, 1.82) is 0 Å². The number of methoxy groups -OCH3 is 1. The van der Waals surface area contributed by atoms with Gasteiger partial charge in [0.25, 0.3) is 0 Å². The number of hydrogen-bond donors (Lipinski definition) is 2. The van der Waals surface area contributed by atoms with E-state index >= 15 is 0 Å². The average Bonchev–Trinajstić information content (AvgIpc) is 3.24. The molecule has 4 aromatic rings. The largest absolute Gasteiger partial charge is 0.494 e. The van der Waals surface area contributed by atoms with Crippen LogP contribution in [0, 0.1) is 0 Å². The maximum atomic E-state index is 6.45. The normalized spacial score (nSPS) is 18.5. The smallest absolute Gasteiger partial charge is 0.227 e. The number of rotatable bonds is 5. The predicted octanol–water partition coefficient (Wildman–Crippen LogP) is 4.38. The molecule has 2 N–H and O–H groups in total. The minimum Gasteiger partial charge on any atom is -0.494 e. The molecule has 0 saturated carbocycles. The number of nitrogens with one attached hydrogen (secondary N) is 2. The van der Waals surface area contributed by atoms with Gasteiger partial charge in [-0.1, -0.05) is 17.7 Å². The van der Waals surface area contributed by atoms with E-state index in [0.29, 0.717) is 28.7 Å². The molecular formula is C24H26ClN7O. The van der Waals surface area contributed by atoms with Crippen molar-refractivity contribution in [3.05, 3.63) is 60.0 Å². The number of halogens is 1. The monoisotopic (exact) mass is 463 g/mol. The van der Waals surface area contributed by atoms with E-state index in [2.05, 4.69) is 50.4 Å². The molecule has 5 rings (SSSR count). The highest BCUT2D eigenvalue weighted by molar-refractivity contribution is 6.32. The fourth-order valence-corrected chi connectivity index (χ4v) is 4.54. The first-order valence-corrected chi connectivity index (χ1v) is 11.3. The van der Waals surface area contributed by atoms with E-state index in [1.54, 1.807) is 19.5 Å². The van der Waals surface area contributed by atoms with Gasteiger partial charge in [-0.15, -0.1) is 0 Å². The molecule has 1 aliphatic heterocycles. The van der Waals surface area contributed by atoms with Gasteiger partial charge in [-0.25, -0.2) is 15.0 Å². The molecular weight excluding hydrogens is 438 g/mol. The van der Waals surface area contributed by atoms with Crippen molar-refractivity contribution in [2.45, 2.75) is 25.9 Å². The molecule has 0 amide bonds. The Morgan fingerprint density at radius 1 is 1.09 bits per heavy atom. The Bertz CT molecular complexity index is 1280. The summed E-state index contributed by atoms with van der Waals surface area (Å²) >= 11 is 6.45. The molecule has 2 unspecified atom stereocenters. The van der Waals surface area contributed by atoms with Gasteiger partial charge in [0.2, 0.25) is 5.95 Å². The lowest BCUT2D eigenvalue weighted by atomic mass is 10.1. The van der Waals surface area contributed by atoms with Crippen LogP contribution in [0.1, 0.15) is 13.8 Å². The maximum Gasteiger partial charge on any atom is 0.227 e. The van der Waals surface area contributed by atoms with Gasteiger partial charge in [0.1, 0.15) is 17.1 Å². The van der Waals surface area contributed by atoms with Gasteiger partial charge in [0.05, 0.1) is 35.9 Å². The van der Waals surface area contributed by atoms with Gasteiger partial charge in [-0.3, -0.25) is 4.40 Å². The molecule has 2 atom stereocenters. The minimum atomic E-state index is 0.427. The first kappa shape index (κ1) is 21.5. The van der Waals surface area contributed by atoms with E-state index in [-0.39, 0.29) is 0 Å². The van der Waals surface area contributed by atoms with E-state index < -0.39 is 0 Å². The third-order valence-electron chi connectivity index (χ3n) is 5.76. The molecule has 0 bridgehead atoms. The zero-order chi connectivity index (χ0) is 22.9. The second-order valence-electron chi connectivity index (χ2n) is 8.35. The number of hydrogen-bond acceptors (Lipinski definition) is 7. The van der Waals surface area contributed by atoms with Crippen LogP contribution in [-0.2, 0) is 0 Å². The number of pyridine rings is 1. The van der Waals surface area contributed by atoms with E-state index in [1.807, 2.05) is 40.9 Å². The van der Waals surface area contributed by atoms with Gasteiger partial charge in [-0.05, 0) is 38.1 Å². The van der Waals surface area contributed by atoms with Gasteiger partial charge in [-0.2, -0.15) is 0 Å². The Labute approximate surface area is 197 Å². The van der Waals surface area contributed by atoms with Crippen LogP contribution in [-0.4, -0.2) is 51.6 Å². The van der Waals surface area contributed by atoms with Crippen LogP contribution in [0.15, 0.2) is 55.0 Å². The number of anilines is 3. The molecule has 0 spiro atoms. The highest BCUT2D eigenvalue weighted by atomic mass is 35.5. The van der Waals surface area contributed by atoms with Gasteiger partial charge >= 0.3 is 0 Å². The molecule has 1 saturated heterocycles. The number of nitrogens with zero attached hydrogens (tertiary/aromatic N) is 5. The summed E-state index contributed by atoms with van der Waals surface area (Å²) < 4.78 is 7.63. The first-order chi connectivity index (χ1) is 16.0. The molecule has 1 fully saturated rings. The number of imidazole rings is 1. The number of piperazine rings is 1. The summed E-state index contributed by atoms with van der Waals surface area (Å²) in [6, 6.07) is 12.8. The minimum absolute atomic E-state index is 0.427. The van der Waals surface area contributed by atoms with Crippen molar-refractivity contribution >= 4 is 34.6 Å². The van der Waals surface area contributed by atoms with Crippen LogP contribution >= 0.6 is 11.6 Å². The van der Waals surface area contributed by atoms with Crippen LogP contribution in [0.2, 0.25) is 5.02 Å². The average molecular weight is 464 g/mol. The number of ether oxygens (including phenoxy) is 1. The summed E-state index contributed by atoms with van der Waals surface area (Å²) in [6.07, 6.45) is 5.29. The highest BCUT2D eigenvalue weighted by Crippen LogP contribution is 2.33. The summed E-state index contributed by atoms with van der Waals surface area (Å²) in [5, 5.41) is 7.30. The number of fused-ring (bicyclic) bond motifs is 1. The molecule has 1 aromatic carbocycles. The van der Waals surface area contributed by atoms with Crippen molar-refractivity contribution in [2.24, 2.45) is 0 Å². The molecule has 4 heterocycles. The van der Waals surface area contributed by atoms with Crippen molar-refractivity contribution in [3.8, 4) is 17.1 Å². The first-order valence-electron chi connectivity index (χ1n) is 10.9. The third-order valence-corrected chi connectivity index (χ3v) is 6.03. The van der Waals surface area contributed by atoms with Crippen LogP contribution in [0.3, 0.4) is 0 Å². The standard InChI is InChI=1S/C24H26ClN7O/c1-15-13-31(14-16(2)28-15)17-7-8-19(21(10-17)33-3)29-24-27-11-18(25)23(30-24)20-12-26-22-6-4-5-9-32(20)22/h4-12,15-16,28H,13-14H2,1-3H3,(H,27,29,30). The topological polar surface area (TPSA) is 79.6 Å². The molecule has 3 aromatic heterocycles. The fraction of sp³-hybridized carbons (Fsp3) is 0.292. The van der Waals surface area contributed by atoms with Crippen LogP contribution in [0.25, 0.3) is 17.0 Å². The molecule has 170 valence electrons. The van der Waals surface area contributed by atoms with E-state index in [4.69, 9.17) is 16.3 Å². The van der Waals surface area contributed by atoms with Crippen molar-refractivity contribution < 1.29 is 4.74 Å². The van der Waals surface area contributed by atoms with Gasteiger partial charge < -0.3 is 20.3 Å². The molecule has 0 aliphatic carbocycles. The van der Waals surface area contributed by atoms with E-state index in [9.17, 15) is 0 Å². The van der Waals surface area contributed by atoms with Crippen LogP contribution in [0.5, 0.6) is 5.75 Å². The lowest BCUT2D eigenvalue weighted by Crippen LogP contribution is -2.54. The van der Waals surface area contributed by atoms with Crippen molar-refractivity contribution in [2.75, 3.05) is 30.4 Å². The van der Waals surface area contributed by atoms with Crippen molar-refractivity contribution in [3.63, 3.8) is 0 Å². The van der Waals surface area contributed by atoms with E-state index in [1.165, 1.54) is 0 Å². The maximum absolute atomic E-state index is 6.45. The van der Waals surface area contributed by atoms with E-state index in [0.717, 1.165) is 41.6 Å². The SMILES string of the molecule is COc1cc(N2CC(C)NC(C)C2)ccc1Nc1ncc(Cl)c(-c2cnc3ccccn23)n1. The highest BCUT2D eigenvalue weighted by Gasteiger charge is 2.22. The Balaban J connectivity index is 1.44. The van der Waals surface area contributed by atoms with Crippen molar-refractivity contribution in [1.82, 2.24) is 24.7 Å². The molecule has 0 radical (unpaired) electrons. The summed E-state index contributed by atoms with van der Waals surface area (Å²) in [7, 11) is 1.67. The third kappa shape index (κ3) is 4.31. The fourth-order valence-electron chi connectivity index (χ4n) is 4.35. The second-order valence-corrected chi connectivity index (χ2v) is 8.75. The summed E-state index contributed by atoms with van der Waals surface area (Å²) in [6.45, 7) is 6.30. The summed E-state index contributed by atoms with van der Waals surface area (Å²) in [5.41, 5.74) is 4.13. The molecule has 33 heavy (non-hydrogen) atoms. The Hall–Kier alpha value is -3.36.